The van der Waals surface area contributed by atoms with E-state index in [0.717, 1.165) is 22.2 Å². The topological polar surface area (TPSA) is 44.8 Å². The van der Waals surface area contributed by atoms with E-state index in [4.69, 9.17) is 14.2 Å². The summed E-state index contributed by atoms with van der Waals surface area (Å²) < 4.78 is 17.7. The quantitative estimate of drug-likeness (QED) is 0.362. The van der Waals surface area contributed by atoms with Crippen LogP contribution in [0, 0.1) is 0 Å². The van der Waals surface area contributed by atoms with Crippen LogP contribution in [0.4, 0.5) is 0 Å². The Morgan fingerprint density at radius 1 is 0.967 bits per heavy atom. The summed E-state index contributed by atoms with van der Waals surface area (Å²) in [6, 6.07) is 16.1. The van der Waals surface area contributed by atoms with Crippen LogP contribution >= 0.6 is 15.9 Å². The van der Waals surface area contributed by atoms with Gasteiger partial charge in [0.25, 0.3) is 0 Å². The molecule has 0 fully saturated rings. The fourth-order valence-corrected chi connectivity index (χ4v) is 3.40. The smallest absolute Gasteiger partial charge is 0.335 e. The average Bonchev–Trinajstić information content (AvgIpc) is 2.75. The Labute approximate surface area is 188 Å². The summed E-state index contributed by atoms with van der Waals surface area (Å²) in [5.74, 6) is 0.484. The summed E-state index contributed by atoms with van der Waals surface area (Å²) >= 11 is 3.48. The number of hydrogen-bond donors (Lipinski definition) is 0. The SMILES string of the molecule is CCOC(=O)C(Cc1ccc(OC/C(CC)=C(\C)c2ccc(Br)cc2)cc1)OCC. The number of benzene rings is 2. The lowest BCUT2D eigenvalue weighted by atomic mass is 10.0. The lowest BCUT2D eigenvalue weighted by molar-refractivity contribution is -0.156. The van der Waals surface area contributed by atoms with Crippen molar-refractivity contribution in [1.82, 2.24) is 0 Å². The molecule has 0 aliphatic rings. The Balaban J connectivity index is 2.01. The number of carbonyl (C=O) groups excluding carboxylic acids is 1. The first-order valence-electron chi connectivity index (χ1n) is 10.4. The summed E-state index contributed by atoms with van der Waals surface area (Å²) in [4.78, 5) is 12.0. The van der Waals surface area contributed by atoms with Crippen LogP contribution in [0.2, 0.25) is 0 Å². The van der Waals surface area contributed by atoms with E-state index in [1.807, 2.05) is 31.2 Å². The lowest BCUT2D eigenvalue weighted by Crippen LogP contribution is -2.28. The normalized spacial score (nSPS) is 12.8. The molecule has 30 heavy (non-hydrogen) atoms. The third-order valence-electron chi connectivity index (χ3n) is 4.91. The molecule has 4 nitrogen and oxygen atoms in total. The van der Waals surface area contributed by atoms with Crippen LogP contribution in [0.3, 0.4) is 0 Å². The summed E-state index contributed by atoms with van der Waals surface area (Å²) in [6.45, 7) is 9.31. The molecule has 0 saturated heterocycles. The van der Waals surface area contributed by atoms with Gasteiger partial charge >= 0.3 is 5.97 Å². The monoisotopic (exact) mass is 474 g/mol. The van der Waals surface area contributed by atoms with Gasteiger partial charge in [-0.2, -0.15) is 0 Å². The number of esters is 1. The van der Waals surface area contributed by atoms with Crippen molar-refractivity contribution in [3.8, 4) is 5.75 Å². The maximum absolute atomic E-state index is 12.0. The molecular weight excluding hydrogens is 444 g/mol. The van der Waals surface area contributed by atoms with Crippen molar-refractivity contribution in [3.63, 3.8) is 0 Å². The van der Waals surface area contributed by atoms with Crippen molar-refractivity contribution in [2.75, 3.05) is 19.8 Å². The van der Waals surface area contributed by atoms with Gasteiger partial charge in [-0.1, -0.05) is 47.1 Å². The van der Waals surface area contributed by atoms with Gasteiger partial charge in [-0.25, -0.2) is 4.79 Å². The highest BCUT2D eigenvalue weighted by Gasteiger charge is 2.20. The highest BCUT2D eigenvalue weighted by atomic mass is 79.9. The van der Waals surface area contributed by atoms with E-state index in [1.54, 1.807) is 6.92 Å². The van der Waals surface area contributed by atoms with Crippen LogP contribution in [-0.4, -0.2) is 31.9 Å². The molecule has 0 amide bonds. The van der Waals surface area contributed by atoms with Crippen LogP contribution < -0.4 is 4.74 Å². The minimum absolute atomic E-state index is 0.319. The molecule has 0 spiro atoms. The van der Waals surface area contributed by atoms with E-state index < -0.39 is 6.10 Å². The predicted molar refractivity (Wildman–Crippen MR) is 125 cm³/mol. The molecule has 1 unspecified atom stereocenters. The number of rotatable bonds is 11. The molecule has 5 heteroatoms. The van der Waals surface area contributed by atoms with Crippen molar-refractivity contribution >= 4 is 27.5 Å². The molecule has 0 heterocycles. The zero-order valence-corrected chi connectivity index (χ0v) is 19.8. The summed E-state index contributed by atoms with van der Waals surface area (Å²) in [7, 11) is 0. The van der Waals surface area contributed by atoms with Crippen LogP contribution in [-0.2, 0) is 20.7 Å². The van der Waals surface area contributed by atoms with Gasteiger partial charge in [-0.15, -0.1) is 0 Å². The van der Waals surface area contributed by atoms with Gasteiger partial charge in [0.2, 0.25) is 0 Å². The molecule has 1 atom stereocenters. The molecule has 2 rings (SSSR count). The fraction of sp³-hybridized carbons (Fsp3) is 0.400. The first kappa shape index (κ1) is 24.2. The summed E-state index contributed by atoms with van der Waals surface area (Å²) in [5, 5.41) is 0. The largest absolute Gasteiger partial charge is 0.489 e. The van der Waals surface area contributed by atoms with Crippen LogP contribution in [0.15, 0.2) is 58.6 Å². The van der Waals surface area contributed by atoms with Gasteiger partial charge in [-0.05, 0) is 73.7 Å². The summed E-state index contributed by atoms with van der Waals surface area (Å²) in [6.07, 6.45) is 0.829. The van der Waals surface area contributed by atoms with E-state index in [2.05, 4.69) is 54.0 Å². The van der Waals surface area contributed by atoms with Gasteiger partial charge in [0.05, 0.1) is 6.61 Å². The van der Waals surface area contributed by atoms with E-state index in [1.165, 1.54) is 16.7 Å². The Morgan fingerprint density at radius 3 is 2.20 bits per heavy atom. The van der Waals surface area contributed by atoms with Crippen molar-refractivity contribution < 1.29 is 19.0 Å². The van der Waals surface area contributed by atoms with Crippen LogP contribution in [0.25, 0.3) is 5.57 Å². The Bertz CT molecular complexity index is 825. The number of halogens is 1. The molecule has 2 aromatic rings. The molecule has 0 radical (unpaired) electrons. The van der Waals surface area contributed by atoms with E-state index in [0.29, 0.717) is 26.2 Å². The summed E-state index contributed by atoms with van der Waals surface area (Å²) in [5.41, 5.74) is 4.72. The lowest BCUT2D eigenvalue weighted by Gasteiger charge is -2.16. The van der Waals surface area contributed by atoms with Gasteiger partial charge in [0.1, 0.15) is 12.4 Å². The first-order valence-corrected chi connectivity index (χ1v) is 11.2. The molecule has 0 saturated carbocycles. The molecule has 0 N–H and O–H groups in total. The molecule has 0 bridgehead atoms. The Kier molecular flexibility index (Phi) is 10.1. The van der Waals surface area contributed by atoms with E-state index >= 15 is 0 Å². The molecule has 162 valence electrons. The minimum Gasteiger partial charge on any atom is -0.489 e. The molecule has 0 aromatic heterocycles. The highest BCUT2D eigenvalue weighted by Crippen LogP contribution is 2.24. The maximum atomic E-state index is 12.0. The Morgan fingerprint density at radius 2 is 1.63 bits per heavy atom. The third-order valence-corrected chi connectivity index (χ3v) is 5.44. The zero-order chi connectivity index (χ0) is 21.9. The van der Waals surface area contributed by atoms with Crippen molar-refractivity contribution in [2.24, 2.45) is 0 Å². The predicted octanol–water partition coefficient (Wildman–Crippen LogP) is 6.22. The van der Waals surface area contributed by atoms with Crippen molar-refractivity contribution in [2.45, 2.75) is 46.6 Å². The number of carbonyl (C=O) groups is 1. The molecule has 0 aliphatic heterocycles. The second kappa shape index (κ2) is 12.6. The van der Waals surface area contributed by atoms with E-state index in [9.17, 15) is 4.79 Å². The third kappa shape index (κ3) is 7.29. The number of ether oxygens (including phenoxy) is 3. The molecule has 2 aromatic carbocycles. The number of hydrogen-bond acceptors (Lipinski definition) is 4. The average molecular weight is 475 g/mol. The van der Waals surface area contributed by atoms with Gasteiger partial charge < -0.3 is 14.2 Å². The second-order valence-corrected chi connectivity index (χ2v) is 7.84. The standard InChI is InChI=1S/C25H31BrO4/c1-5-20(18(4)21-10-12-22(26)13-11-21)17-30-23-14-8-19(9-15-23)16-24(28-6-2)25(27)29-7-3/h8-15,24H,5-7,16-17H2,1-4H3/b20-18+. The van der Waals surface area contributed by atoms with Gasteiger partial charge in [-0.3, -0.25) is 0 Å². The first-order chi connectivity index (χ1) is 14.5. The molecular formula is C25H31BrO4. The van der Waals surface area contributed by atoms with Crippen molar-refractivity contribution in [3.05, 3.63) is 69.7 Å². The van der Waals surface area contributed by atoms with Gasteiger partial charge in [0.15, 0.2) is 6.10 Å². The van der Waals surface area contributed by atoms with Gasteiger partial charge in [0, 0.05) is 17.5 Å². The van der Waals surface area contributed by atoms with Crippen LogP contribution in [0.1, 0.15) is 45.2 Å². The highest BCUT2D eigenvalue weighted by molar-refractivity contribution is 9.10. The maximum Gasteiger partial charge on any atom is 0.335 e. The minimum atomic E-state index is -0.579. The van der Waals surface area contributed by atoms with E-state index in [-0.39, 0.29) is 5.97 Å². The van der Waals surface area contributed by atoms with Crippen LogP contribution in [0.5, 0.6) is 5.75 Å². The molecule has 0 aliphatic carbocycles. The number of allylic oxidation sites excluding steroid dienone is 1. The zero-order valence-electron chi connectivity index (χ0n) is 18.2. The fourth-order valence-electron chi connectivity index (χ4n) is 3.13. The van der Waals surface area contributed by atoms with Crippen molar-refractivity contribution in [1.29, 1.82) is 0 Å². The Hall–Kier alpha value is -2.11. The second-order valence-electron chi connectivity index (χ2n) is 6.92.